The van der Waals surface area contributed by atoms with Gasteiger partial charge in [0.15, 0.2) is 5.72 Å². The summed E-state index contributed by atoms with van der Waals surface area (Å²) in [7, 11) is 1.62. The minimum atomic E-state index is -0.657. The van der Waals surface area contributed by atoms with Crippen LogP contribution in [0.4, 0.5) is 0 Å². The Bertz CT molecular complexity index is 491. The van der Waals surface area contributed by atoms with Crippen LogP contribution in [-0.4, -0.2) is 22.1 Å². The first-order valence-corrected chi connectivity index (χ1v) is 4.71. The Morgan fingerprint density at radius 1 is 1.47 bits per heavy atom. The Morgan fingerprint density at radius 2 is 2.20 bits per heavy atom. The minimum Gasteiger partial charge on any atom is -0.354 e. The number of benzene rings is 1. The lowest BCUT2D eigenvalue weighted by molar-refractivity contribution is -0.0249. The van der Waals surface area contributed by atoms with Gasteiger partial charge in [-0.15, -0.1) is 5.10 Å². The number of para-hydroxylation sites is 1. The largest absolute Gasteiger partial charge is 0.354 e. The normalized spacial score (nSPS) is 15.1. The second kappa shape index (κ2) is 3.47. The third-order valence-corrected chi connectivity index (χ3v) is 2.56. The monoisotopic (exact) mass is 203 g/mol. The van der Waals surface area contributed by atoms with Gasteiger partial charge in [-0.25, -0.2) is 4.68 Å². The summed E-state index contributed by atoms with van der Waals surface area (Å²) in [4.78, 5) is 0. The molecule has 0 saturated heterocycles. The van der Waals surface area contributed by atoms with Crippen LogP contribution in [0.1, 0.15) is 6.92 Å². The lowest BCUT2D eigenvalue weighted by atomic mass is 10.2. The summed E-state index contributed by atoms with van der Waals surface area (Å²) in [5.74, 6) is 0. The molecular weight excluding hydrogens is 190 g/mol. The molecule has 2 aromatic rings. The quantitative estimate of drug-likeness (QED) is 0.716. The number of fused-ring (bicyclic) bond motifs is 1. The molecule has 1 unspecified atom stereocenters. The molecule has 1 heterocycles. The van der Waals surface area contributed by atoms with Crippen LogP contribution in [0.2, 0.25) is 0 Å². The van der Waals surface area contributed by atoms with Gasteiger partial charge in [0.2, 0.25) is 0 Å². The van der Waals surface area contributed by atoms with Crippen molar-refractivity contribution in [2.45, 2.75) is 12.6 Å². The topological polar surface area (TPSA) is 39.9 Å². The highest BCUT2D eigenvalue weighted by Crippen LogP contribution is 2.22. The van der Waals surface area contributed by atoms with Crippen molar-refractivity contribution in [2.24, 2.45) is 0 Å². The molecule has 0 aliphatic heterocycles. The van der Waals surface area contributed by atoms with Crippen LogP contribution in [0, 0.1) is 0 Å². The Labute approximate surface area is 88.2 Å². The van der Waals surface area contributed by atoms with Gasteiger partial charge in [-0.1, -0.05) is 23.9 Å². The van der Waals surface area contributed by atoms with Crippen molar-refractivity contribution in [1.82, 2.24) is 15.0 Å². The van der Waals surface area contributed by atoms with Gasteiger partial charge in [0.05, 0.1) is 5.52 Å². The van der Waals surface area contributed by atoms with E-state index in [0.29, 0.717) is 0 Å². The fourth-order valence-electron chi connectivity index (χ4n) is 1.45. The zero-order valence-electron chi connectivity index (χ0n) is 8.84. The van der Waals surface area contributed by atoms with Gasteiger partial charge < -0.3 is 4.74 Å². The summed E-state index contributed by atoms with van der Waals surface area (Å²) in [5.41, 5.74) is 1.13. The van der Waals surface area contributed by atoms with Gasteiger partial charge in [-0.3, -0.25) is 0 Å². The highest BCUT2D eigenvalue weighted by molar-refractivity contribution is 5.74. The zero-order valence-corrected chi connectivity index (χ0v) is 8.84. The van der Waals surface area contributed by atoms with Crippen LogP contribution in [0.3, 0.4) is 0 Å². The summed E-state index contributed by atoms with van der Waals surface area (Å²) >= 11 is 0. The van der Waals surface area contributed by atoms with Gasteiger partial charge in [0.1, 0.15) is 5.52 Å². The summed E-state index contributed by atoms with van der Waals surface area (Å²) in [6.07, 6.45) is 1.70. The molecule has 4 nitrogen and oxygen atoms in total. The number of aromatic nitrogens is 3. The molecule has 1 aromatic heterocycles. The lowest BCUT2D eigenvalue weighted by Gasteiger charge is -2.24. The molecule has 0 N–H and O–H groups in total. The van der Waals surface area contributed by atoms with E-state index in [4.69, 9.17) is 4.74 Å². The first-order valence-electron chi connectivity index (χ1n) is 4.71. The molecule has 0 fully saturated rings. The fourth-order valence-corrected chi connectivity index (χ4v) is 1.45. The van der Waals surface area contributed by atoms with E-state index in [2.05, 4.69) is 16.9 Å². The van der Waals surface area contributed by atoms with E-state index in [1.807, 2.05) is 31.2 Å². The van der Waals surface area contributed by atoms with E-state index in [-0.39, 0.29) is 0 Å². The second-order valence-corrected chi connectivity index (χ2v) is 3.45. The molecule has 1 atom stereocenters. The van der Waals surface area contributed by atoms with E-state index in [9.17, 15) is 0 Å². The summed E-state index contributed by atoms with van der Waals surface area (Å²) in [6.45, 7) is 5.64. The molecule has 0 aliphatic rings. The van der Waals surface area contributed by atoms with Crippen molar-refractivity contribution in [1.29, 1.82) is 0 Å². The predicted octanol–water partition coefficient (Wildman–Crippen LogP) is 1.94. The highest BCUT2D eigenvalue weighted by atomic mass is 16.5. The average Bonchev–Trinajstić information content (AvgIpc) is 2.72. The molecule has 78 valence electrons. The molecule has 15 heavy (non-hydrogen) atoms. The van der Waals surface area contributed by atoms with E-state index in [1.54, 1.807) is 17.9 Å². The van der Waals surface area contributed by atoms with Crippen molar-refractivity contribution in [3.63, 3.8) is 0 Å². The van der Waals surface area contributed by atoms with E-state index < -0.39 is 5.72 Å². The van der Waals surface area contributed by atoms with E-state index >= 15 is 0 Å². The smallest absolute Gasteiger partial charge is 0.178 e. The van der Waals surface area contributed by atoms with Gasteiger partial charge in [-0.05, 0) is 25.1 Å². The molecule has 0 aliphatic carbocycles. The number of hydrogen-bond donors (Lipinski definition) is 0. The van der Waals surface area contributed by atoms with Crippen molar-refractivity contribution >= 4 is 11.0 Å². The number of methoxy groups -OCH3 is 1. The van der Waals surface area contributed by atoms with Crippen LogP contribution in [0.25, 0.3) is 11.0 Å². The standard InChI is InChI=1S/C11H13N3O/c1-4-11(2,15-3)14-10-8-6-5-7-9(10)12-13-14/h4-8H,1H2,2-3H3. The number of rotatable bonds is 3. The van der Waals surface area contributed by atoms with Gasteiger partial charge in [0.25, 0.3) is 0 Å². The molecule has 0 spiro atoms. The van der Waals surface area contributed by atoms with Gasteiger partial charge in [0, 0.05) is 7.11 Å². The van der Waals surface area contributed by atoms with E-state index in [1.165, 1.54) is 0 Å². The number of nitrogens with zero attached hydrogens (tertiary/aromatic N) is 3. The molecule has 0 bridgehead atoms. The van der Waals surface area contributed by atoms with Crippen molar-refractivity contribution in [3.8, 4) is 0 Å². The van der Waals surface area contributed by atoms with Crippen molar-refractivity contribution in [3.05, 3.63) is 36.9 Å². The number of ether oxygens (including phenoxy) is 1. The Kier molecular flexibility index (Phi) is 2.28. The molecule has 4 heteroatoms. The van der Waals surface area contributed by atoms with Crippen LogP contribution < -0.4 is 0 Å². The van der Waals surface area contributed by atoms with Crippen LogP contribution in [-0.2, 0) is 10.5 Å². The molecule has 1 aromatic carbocycles. The maximum Gasteiger partial charge on any atom is 0.178 e. The molecule has 0 saturated carbocycles. The van der Waals surface area contributed by atoms with Crippen molar-refractivity contribution < 1.29 is 4.74 Å². The van der Waals surface area contributed by atoms with Gasteiger partial charge >= 0.3 is 0 Å². The van der Waals surface area contributed by atoms with Crippen LogP contribution in [0.5, 0.6) is 0 Å². The molecular formula is C11H13N3O. The third-order valence-electron chi connectivity index (χ3n) is 2.56. The SMILES string of the molecule is C=CC(C)(OC)n1nnc2ccccc21. The molecule has 0 radical (unpaired) electrons. The maximum absolute atomic E-state index is 5.38. The van der Waals surface area contributed by atoms with Crippen LogP contribution >= 0.6 is 0 Å². The predicted molar refractivity (Wildman–Crippen MR) is 58.4 cm³/mol. The second-order valence-electron chi connectivity index (χ2n) is 3.45. The minimum absolute atomic E-state index is 0.657. The van der Waals surface area contributed by atoms with Crippen molar-refractivity contribution in [2.75, 3.05) is 7.11 Å². The third kappa shape index (κ3) is 1.43. The average molecular weight is 203 g/mol. The first kappa shape index (κ1) is 9.86. The Hall–Kier alpha value is -1.68. The number of hydrogen-bond acceptors (Lipinski definition) is 3. The molecule has 2 rings (SSSR count). The summed E-state index contributed by atoms with van der Waals surface area (Å²) in [5, 5.41) is 8.15. The fraction of sp³-hybridized carbons (Fsp3) is 0.273. The zero-order chi connectivity index (χ0) is 10.9. The highest BCUT2D eigenvalue weighted by Gasteiger charge is 2.24. The Morgan fingerprint density at radius 3 is 2.87 bits per heavy atom. The first-order chi connectivity index (χ1) is 7.21. The summed E-state index contributed by atoms with van der Waals surface area (Å²) in [6, 6.07) is 7.74. The Balaban J connectivity index is 2.66. The lowest BCUT2D eigenvalue weighted by Crippen LogP contribution is -2.30. The molecule has 0 amide bonds. The van der Waals surface area contributed by atoms with E-state index in [0.717, 1.165) is 11.0 Å². The maximum atomic E-state index is 5.38. The van der Waals surface area contributed by atoms with Gasteiger partial charge in [-0.2, -0.15) is 0 Å². The van der Waals surface area contributed by atoms with Crippen LogP contribution in [0.15, 0.2) is 36.9 Å². The summed E-state index contributed by atoms with van der Waals surface area (Å²) < 4.78 is 7.10.